The number of nitrogens with two attached hydrogens (primary N) is 2. The highest BCUT2D eigenvalue weighted by atomic mass is 32.1. The molecule has 42 heavy (non-hydrogen) atoms. The van der Waals surface area contributed by atoms with Crippen molar-refractivity contribution in [1.82, 2.24) is 19.5 Å². The number of morpholine rings is 1. The summed E-state index contributed by atoms with van der Waals surface area (Å²) in [6, 6.07) is 3.24. The van der Waals surface area contributed by atoms with Crippen LogP contribution in [0, 0.1) is 0 Å². The summed E-state index contributed by atoms with van der Waals surface area (Å²) >= 11 is 1.45. The topological polar surface area (TPSA) is 192 Å². The van der Waals surface area contributed by atoms with Gasteiger partial charge in [-0.1, -0.05) is 18.0 Å². The van der Waals surface area contributed by atoms with Gasteiger partial charge < -0.3 is 40.7 Å². The fourth-order valence-electron chi connectivity index (χ4n) is 5.53. The Bertz CT molecular complexity index is 1840. The highest BCUT2D eigenvalue weighted by Gasteiger charge is 2.26. The molecule has 1 aliphatic heterocycles. The second-order valence-corrected chi connectivity index (χ2v) is 11.4. The number of carbonyl (C=O) groups excluding carboxylic acids is 1. The lowest BCUT2D eigenvalue weighted by Crippen LogP contribution is -2.43. The number of fused-ring (bicyclic) bond motifs is 2. The van der Waals surface area contributed by atoms with Gasteiger partial charge in [0.25, 0.3) is 5.91 Å². The van der Waals surface area contributed by atoms with Gasteiger partial charge >= 0.3 is 0 Å². The maximum atomic E-state index is 12.8. The molecular weight excluding hydrogens is 562 g/mol. The molecule has 1 saturated carbocycles. The molecule has 2 fully saturated rings. The summed E-state index contributed by atoms with van der Waals surface area (Å²) < 4.78 is 19.0. The molecule has 0 radical (unpaired) electrons. The average Bonchev–Trinajstić information content (AvgIpc) is 3.75. The van der Waals surface area contributed by atoms with E-state index in [2.05, 4.69) is 25.7 Å². The van der Waals surface area contributed by atoms with Gasteiger partial charge in [-0.3, -0.25) is 14.0 Å². The molecule has 15 heteroatoms. The second-order valence-electron chi connectivity index (χ2n) is 10.4. The Labute approximate surface area is 242 Å². The Morgan fingerprint density at radius 2 is 2.00 bits per heavy atom. The van der Waals surface area contributed by atoms with Crippen LogP contribution in [0.2, 0.25) is 0 Å². The van der Waals surface area contributed by atoms with Gasteiger partial charge in [-0.15, -0.1) is 11.3 Å². The molecule has 7 rings (SSSR count). The number of primary amides is 1. The van der Waals surface area contributed by atoms with E-state index < -0.39 is 5.91 Å². The number of nitrogens with one attached hydrogen (secondary N) is 2. The van der Waals surface area contributed by atoms with Crippen molar-refractivity contribution >= 4 is 55.8 Å². The molecule has 5 aromatic rings. The first-order valence-corrected chi connectivity index (χ1v) is 14.6. The fourth-order valence-corrected chi connectivity index (χ4v) is 6.72. The van der Waals surface area contributed by atoms with E-state index in [1.165, 1.54) is 17.6 Å². The minimum Gasteiger partial charge on any atom is -0.459 e. The van der Waals surface area contributed by atoms with Crippen molar-refractivity contribution < 1.29 is 18.5 Å². The van der Waals surface area contributed by atoms with Gasteiger partial charge in [-0.05, 0) is 12.8 Å². The summed E-state index contributed by atoms with van der Waals surface area (Å²) in [7, 11) is 0. The molecule has 1 aliphatic carbocycles. The van der Waals surface area contributed by atoms with Crippen LogP contribution < -0.4 is 32.4 Å². The van der Waals surface area contributed by atoms with E-state index in [9.17, 15) is 9.59 Å². The third-order valence-corrected chi connectivity index (χ3v) is 8.90. The van der Waals surface area contributed by atoms with E-state index in [0.29, 0.717) is 53.9 Å². The summed E-state index contributed by atoms with van der Waals surface area (Å²) in [5, 5.41) is 11.5. The Morgan fingerprint density at radius 3 is 2.81 bits per heavy atom. The number of aromatic nitrogens is 4. The first kappa shape index (κ1) is 26.4. The van der Waals surface area contributed by atoms with E-state index in [-0.39, 0.29) is 40.4 Å². The number of carbonyl (C=O) groups is 1. The summed E-state index contributed by atoms with van der Waals surface area (Å²) in [6.07, 6.45) is 8.76. The molecule has 218 valence electrons. The van der Waals surface area contributed by atoms with Crippen LogP contribution in [0.3, 0.4) is 0 Å². The standard InChI is InChI=1S/C27H29N9O5S/c28-15-3-1-2-4-16(15)31-27-33-25(21(24(29)38)26-30-5-6-36(26)27)32-19-11-17(34-41-19)14-13-40-22-18(37)12-20(42-23(14)22)35-7-9-39-10-8-35/h5-6,11-13,15-16,32H,1-4,7-10,28H2,(H2,29,38)(H,31,33)/t15-,16+/m1/s1. The van der Waals surface area contributed by atoms with Gasteiger partial charge in [-0.25, -0.2) is 4.98 Å². The summed E-state index contributed by atoms with van der Waals surface area (Å²) in [4.78, 5) is 36.6. The molecule has 5 aromatic heterocycles. The summed E-state index contributed by atoms with van der Waals surface area (Å²) in [5.74, 6) is 0.135. The smallest absolute Gasteiger partial charge is 0.256 e. The zero-order valence-corrected chi connectivity index (χ0v) is 23.4. The van der Waals surface area contributed by atoms with Crippen LogP contribution in [-0.2, 0) is 4.74 Å². The lowest BCUT2D eigenvalue weighted by Gasteiger charge is -2.30. The van der Waals surface area contributed by atoms with Gasteiger partial charge in [0.05, 0.1) is 28.5 Å². The minimum atomic E-state index is -0.705. The Kier molecular flexibility index (Phi) is 6.76. The number of furan rings is 1. The molecule has 6 heterocycles. The largest absolute Gasteiger partial charge is 0.459 e. The SMILES string of the molecule is NC(=O)c1c(Nc2cc(-c3coc4c(=O)cc(N5CCOCC5)sc34)no2)nc(N[C@H]2CCCC[C@H]2N)n2ccnc12. The van der Waals surface area contributed by atoms with Gasteiger partial charge in [0.1, 0.15) is 17.5 Å². The molecule has 6 N–H and O–H groups in total. The lowest BCUT2D eigenvalue weighted by molar-refractivity contribution is 0.100. The molecule has 2 atom stereocenters. The second kappa shape index (κ2) is 10.7. The van der Waals surface area contributed by atoms with Gasteiger partial charge in [0.2, 0.25) is 17.3 Å². The summed E-state index contributed by atoms with van der Waals surface area (Å²) in [5.41, 5.74) is 13.7. The number of hydrogen-bond donors (Lipinski definition) is 4. The number of anilines is 4. The zero-order valence-electron chi connectivity index (χ0n) is 22.5. The van der Waals surface area contributed by atoms with Crippen LogP contribution in [-0.4, -0.2) is 63.8 Å². The number of nitrogens with zero attached hydrogens (tertiary/aromatic N) is 5. The summed E-state index contributed by atoms with van der Waals surface area (Å²) in [6.45, 7) is 2.61. The molecular formula is C27H29N9O5S. The highest BCUT2D eigenvalue weighted by molar-refractivity contribution is 7.22. The van der Waals surface area contributed by atoms with E-state index in [0.717, 1.165) is 30.7 Å². The van der Waals surface area contributed by atoms with Crippen LogP contribution >= 0.6 is 11.3 Å². The number of ether oxygens (including phenoxy) is 1. The van der Waals surface area contributed by atoms with E-state index >= 15 is 0 Å². The van der Waals surface area contributed by atoms with Gasteiger partial charge in [0, 0.05) is 49.7 Å². The predicted molar refractivity (Wildman–Crippen MR) is 158 cm³/mol. The van der Waals surface area contributed by atoms with E-state index in [1.807, 2.05) is 0 Å². The first-order chi connectivity index (χ1) is 20.5. The van der Waals surface area contributed by atoms with Crippen LogP contribution in [0.4, 0.5) is 22.7 Å². The van der Waals surface area contributed by atoms with Crippen molar-refractivity contribution in [3.05, 3.63) is 46.6 Å². The van der Waals surface area contributed by atoms with Crippen molar-refractivity contribution in [2.24, 2.45) is 11.5 Å². The Hall–Kier alpha value is -4.47. The quantitative estimate of drug-likeness (QED) is 0.217. The molecule has 2 aliphatic rings. The van der Waals surface area contributed by atoms with Crippen molar-refractivity contribution in [2.45, 2.75) is 37.8 Å². The van der Waals surface area contributed by atoms with Gasteiger partial charge in [0.15, 0.2) is 17.0 Å². The monoisotopic (exact) mass is 591 g/mol. The Balaban J connectivity index is 1.23. The lowest BCUT2D eigenvalue weighted by atomic mass is 9.91. The van der Waals surface area contributed by atoms with Crippen molar-refractivity contribution in [1.29, 1.82) is 0 Å². The van der Waals surface area contributed by atoms with E-state index in [1.54, 1.807) is 28.9 Å². The number of imidazole rings is 1. The average molecular weight is 592 g/mol. The third kappa shape index (κ3) is 4.74. The number of amides is 1. The first-order valence-electron chi connectivity index (χ1n) is 13.8. The third-order valence-electron chi connectivity index (χ3n) is 7.71. The molecule has 1 amide bonds. The van der Waals surface area contributed by atoms with Crippen molar-refractivity contribution in [3.63, 3.8) is 0 Å². The molecule has 0 spiro atoms. The molecule has 0 bridgehead atoms. The molecule has 0 unspecified atom stereocenters. The molecule has 14 nitrogen and oxygen atoms in total. The maximum absolute atomic E-state index is 12.8. The zero-order chi connectivity index (χ0) is 28.8. The fraction of sp³-hybridized carbons (Fsp3) is 0.370. The molecule has 1 saturated heterocycles. The number of hydrogen-bond acceptors (Lipinski definition) is 13. The number of rotatable bonds is 7. The predicted octanol–water partition coefficient (Wildman–Crippen LogP) is 2.91. The van der Waals surface area contributed by atoms with Crippen molar-refractivity contribution in [2.75, 3.05) is 41.8 Å². The van der Waals surface area contributed by atoms with Gasteiger partial charge in [-0.2, -0.15) is 4.98 Å². The normalized spacial score (nSPS) is 19.4. The maximum Gasteiger partial charge on any atom is 0.256 e. The van der Waals surface area contributed by atoms with Crippen LogP contribution in [0.15, 0.2) is 44.5 Å². The molecule has 0 aromatic carbocycles. The minimum absolute atomic E-state index is 0.0184. The van der Waals surface area contributed by atoms with Crippen LogP contribution in [0.5, 0.6) is 0 Å². The van der Waals surface area contributed by atoms with E-state index in [4.69, 9.17) is 30.1 Å². The van der Waals surface area contributed by atoms with Crippen molar-refractivity contribution in [3.8, 4) is 11.3 Å². The Morgan fingerprint density at radius 1 is 1.17 bits per heavy atom. The van der Waals surface area contributed by atoms with Crippen LogP contribution in [0.1, 0.15) is 36.0 Å². The highest BCUT2D eigenvalue weighted by Crippen LogP contribution is 2.37. The van der Waals surface area contributed by atoms with Crippen LogP contribution in [0.25, 0.3) is 27.2 Å².